The summed E-state index contributed by atoms with van der Waals surface area (Å²) in [5.74, 6) is 0.176. The van der Waals surface area contributed by atoms with Gasteiger partial charge < -0.3 is 5.11 Å². The molecule has 1 aliphatic rings. The summed E-state index contributed by atoms with van der Waals surface area (Å²) in [5.41, 5.74) is 0.190. The number of benzene rings is 1. The van der Waals surface area contributed by atoms with Crippen LogP contribution >= 0.6 is 27.5 Å². The van der Waals surface area contributed by atoms with Gasteiger partial charge in [-0.05, 0) is 42.9 Å². The van der Waals surface area contributed by atoms with Gasteiger partial charge in [0.15, 0.2) is 0 Å². The van der Waals surface area contributed by atoms with Crippen LogP contribution in [0.4, 0.5) is 0 Å². The molecular weight excluding hydrogens is 378 g/mol. The molecule has 0 spiro atoms. The maximum Gasteiger partial charge on any atom is 0.137 e. The Bertz CT molecular complexity index is 648. The fraction of sp³-hybridized carbons (Fsp3) is 0.529. The van der Waals surface area contributed by atoms with Gasteiger partial charge in [-0.25, -0.2) is 4.98 Å². The fourth-order valence-corrected chi connectivity index (χ4v) is 4.57. The molecule has 1 saturated carbocycles. The number of alkyl halides is 1. The van der Waals surface area contributed by atoms with E-state index in [0.717, 1.165) is 29.6 Å². The maximum absolute atomic E-state index is 11.6. The minimum absolute atomic E-state index is 0.176. The van der Waals surface area contributed by atoms with Gasteiger partial charge in [0.25, 0.3) is 0 Å². The van der Waals surface area contributed by atoms with Gasteiger partial charge in [-0.2, -0.15) is 5.10 Å². The van der Waals surface area contributed by atoms with Crippen LogP contribution in [0.3, 0.4) is 0 Å². The van der Waals surface area contributed by atoms with Crippen molar-refractivity contribution in [2.45, 2.75) is 38.3 Å². The first kappa shape index (κ1) is 16.9. The summed E-state index contributed by atoms with van der Waals surface area (Å²) >= 11 is 9.58. The van der Waals surface area contributed by atoms with Crippen molar-refractivity contribution < 1.29 is 5.11 Å². The highest BCUT2D eigenvalue weighted by molar-refractivity contribution is 9.09. The van der Waals surface area contributed by atoms with Crippen LogP contribution in [0, 0.1) is 11.3 Å². The summed E-state index contributed by atoms with van der Waals surface area (Å²) in [6.45, 7) is 2.62. The van der Waals surface area contributed by atoms with Gasteiger partial charge >= 0.3 is 0 Å². The quantitative estimate of drug-likeness (QED) is 0.781. The van der Waals surface area contributed by atoms with Crippen LogP contribution in [0.1, 0.15) is 25.3 Å². The summed E-state index contributed by atoms with van der Waals surface area (Å²) < 4.78 is 1.74. The Morgan fingerprint density at radius 1 is 1.39 bits per heavy atom. The molecule has 1 N–H and O–H groups in total. The lowest BCUT2D eigenvalue weighted by molar-refractivity contribution is -0.0880. The van der Waals surface area contributed by atoms with Gasteiger partial charge in [0.1, 0.15) is 12.7 Å². The molecule has 1 aliphatic carbocycles. The number of halogens is 2. The summed E-state index contributed by atoms with van der Waals surface area (Å²) in [5, 5.41) is 17.3. The summed E-state index contributed by atoms with van der Waals surface area (Å²) in [7, 11) is 0. The topological polar surface area (TPSA) is 50.9 Å². The smallest absolute Gasteiger partial charge is 0.137 e. The normalized spacial score (nSPS) is 30.7. The van der Waals surface area contributed by atoms with Gasteiger partial charge in [0, 0.05) is 15.8 Å². The molecule has 3 unspecified atom stereocenters. The number of aliphatic hydroxyl groups is 1. The van der Waals surface area contributed by atoms with Gasteiger partial charge in [0.05, 0.1) is 12.1 Å². The van der Waals surface area contributed by atoms with Crippen molar-refractivity contribution in [2.24, 2.45) is 11.3 Å². The van der Waals surface area contributed by atoms with E-state index >= 15 is 0 Å². The molecule has 124 valence electrons. The first-order valence-corrected chi connectivity index (χ1v) is 9.32. The Kier molecular flexibility index (Phi) is 4.81. The van der Waals surface area contributed by atoms with Crippen molar-refractivity contribution >= 4 is 27.5 Å². The highest BCUT2D eigenvalue weighted by Crippen LogP contribution is 2.52. The van der Waals surface area contributed by atoms with E-state index in [1.807, 2.05) is 24.3 Å². The molecular formula is C17H21BrClN3O. The molecule has 1 aromatic heterocycles. The Hall–Kier alpha value is -0.910. The van der Waals surface area contributed by atoms with Crippen molar-refractivity contribution in [3.63, 3.8) is 0 Å². The van der Waals surface area contributed by atoms with E-state index in [-0.39, 0.29) is 11.3 Å². The van der Waals surface area contributed by atoms with E-state index in [0.29, 0.717) is 6.54 Å². The van der Waals surface area contributed by atoms with E-state index in [2.05, 4.69) is 32.9 Å². The third-order valence-electron chi connectivity index (χ3n) is 5.33. The van der Waals surface area contributed by atoms with Gasteiger partial charge in [-0.3, -0.25) is 4.68 Å². The molecule has 1 heterocycles. The van der Waals surface area contributed by atoms with Crippen molar-refractivity contribution in [1.29, 1.82) is 0 Å². The van der Waals surface area contributed by atoms with Crippen LogP contribution in [-0.2, 0) is 13.0 Å². The highest BCUT2D eigenvalue weighted by Gasteiger charge is 2.56. The minimum Gasteiger partial charge on any atom is -0.387 e. The Balaban J connectivity index is 1.87. The molecule has 0 radical (unpaired) electrons. The average molecular weight is 399 g/mol. The monoisotopic (exact) mass is 397 g/mol. The lowest BCUT2D eigenvalue weighted by Crippen LogP contribution is -2.51. The number of rotatable bonds is 5. The molecule has 1 fully saturated rings. The van der Waals surface area contributed by atoms with E-state index in [1.165, 1.54) is 11.9 Å². The van der Waals surface area contributed by atoms with E-state index in [4.69, 9.17) is 11.6 Å². The van der Waals surface area contributed by atoms with Crippen LogP contribution in [-0.4, -0.2) is 30.8 Å². The lowest BCUT2D eigenvalue weighted by Gasteiger charge is -2.42. The predicted octanol–water partition coefficient (Wildman–Crippen LogP) is 3.72. The Morgan fingerprint density at radius 2 is 2.13 bits per heavy atom. The number of hydrogen-bond acceptors (Lipinski definition) is 3. The zero-order valence-electron chi connectivity index (χ0n) is 13.1. The summed E-state index contributed by atoms with van der Waals surface area (Å²) in [6.07, 6.45) is 6.00. The van der Waals surface area contributed by atoms with Crippen LogP contribution in [0.25, 0.3) is 0 Å². The third-order valence-corrected chi connectivity index (χ3v) is 6.81. The van der Waals surface area contributed by atoms with E-state index < -0.39 is 5.60 Å². The van der Waals surface area contributed by atoms with Crippen molar-refractivity contribution in [3.8, 4) is 0 Å². The molecule has 4 nitrogen and oxygen atoms in total. The standard InChI is InChI=1S/C17H21BrClN3O/c1-16(9-18)7-6-14(8-13-2-4-15(19)5-3-13)17(16,23)10-22-12-20-11-21-22/h2-5,11-12,14,23H,6-10H2,1H3. The van der Waals surface area contributed by atoms with Gasteiger partial charge in [0.2, 0.25) is 0 Å². The SMILES string of the molecule is CC1(CBr)CCC(Cc2ccc(Cl)cc2)C1(O)Cn1cncn1. The third kappa shape index (κ3) is 3.19. The van der Waals surface area contributed by atoms with Gasteiger partial charge in [-0.15, -0.1) is 0 Å². The maximum atomic E-state index is 11.6. The second-order valence-corrected chi connectivity index (χ2v) is 7.77. The van der Waals surface area contributed by atoms with Crippen LogP contribution in [0.2, 0.25) is 5.02 Å². The second kappa shape index (κ2) is 6.54. The zero-order chi connectivity index (χ0) is 16.5. The molecule has 2 aromatic rings. The molecule has 0 saturated heterocycles. The second-order valence-electron chi connectivity index (χ2n) is 6.78. The summed E-state index contributed by atoms with van der Waals surface area (Å²) in [4.78, 5) is 4.00. The zero-order valence-corrected chi connectivity index (χ0v) is 15.5. The summed E-state index contributed by atoms with van der Waals surface area (Å²) in [6, 6.07) is 7.90. The van der Waals surface area contributed by atoms with E-state index in [9.17, 15) is 5.11 Å². The molecule has 3 rings (SSSR count). The first-order chi connectivity index (χ1) is 11.0. The first-order valence-electron chi connectivity index (χ1n) is 7.82. The Morgan fingerprint density at radius 3 is 2.74 bits per heavy atom. The fourth-order valence-electron chi connectivity index (χ4n) is 3.68. The largest absolute Gasteiger partial charge is 0.387 e. The van der Waals surface area contributed by atoms with Crippen LogP contribution < -0.4 is 0 Å². The predicted molar refractivity (Wildman–Crippen MR) is 94.8 cm³/mol. The minimum atomic E-state index is -0.830. The molecule has 0 aliphatic heterocycles. The van der Waals surface area contributed by atoms with Gasteiger partial charge in [-0.1, -0.05) is 46.6 Å². The number of aromatic nitrogens is 3. The van der Waals surface area contributed by atoms with Crippen LogP contribution in [0.5, 0.6) is 0 Å². The molecule has 1 aromatic carbocycles. The van der Waals surface area contributed by atoms with Crippen molar-refractivity contribution in [1.82, 2.24) is 14.8 Å². The Labute approximate surface area is 150 Å². The number of nitrogens with zero attached hydrogens (tertiary/aromatic N) is 3. The average Bonchev–Trinajstić information content (AvgIpc) is 3.12. The molecule has 6 heteroatoms. The van der Waals surface area contributed by atoms with Crippen LogP contribution in [0.15, 0.2) is 36.9 Å². The van der Waals surface area contributed by atoms with Crippen molar-refractivity contribution in [2.75, 3.05) is 5.33 Å². The highest BCUT2D eigenvalue weighted by atomic mass is 79.9. The molecule has 3 atom stereocenters. The van der Waals surface area contributed by atoms with Crippen molar-refractivity contribution in [3.05, 3.63) is 47.5 Å². The lowest BCUT2D eigenvalue weighted by atomic mass is 9.72. The number of hydrogen-bond donors (Lipinski definition) is 1. The molecule has 23 heavy (non-hydrogen) atoms. The van der Waals surface area contributed by atoms with E-state index in [1.54, 1.807) is 11.0 Å². The molecule has 0 bridgehead atoms. The molecule has 0 amide bonds.